The summed E-state index contributed by atoms with van der Waals surface area (Å²) in [4.78, 5) is 16.9. The number of carbonyl (C=O) groups excluding carboxylic acids is 1. The van der Waals surface area contributed by atoms with Crippen molar-refractivity contribution in [2.24, 2.45) is 5.92 Å². The summed E-state index contributed by atoms with van der Waals surface area (Å²) < 4.78 is 18.0. The van der Waals surface area contributed by atoms with Gasteiger partial charge in [0, 0.05) is 19.1 Å². The second-order valence-electron chi connectivity index (χ2n) is 7.71. The van der Waals surface area contributed by atoms with Gasteiger partial charge in [-0.2, -0.15) is 0 Å². The van der Waals surface area contributed by atoms with Crippen molar-refractivity contribution in [2.45, 2.75) is 56.8 Å². The second-order valence-corrected chi connectivity index (χ2v) is 8.60. The molecule has 1 aromatic carbocycles. The Hall–Kier alpha value is -1.70. The molecule has 2 saturated carbocycles. The SMILES string of the molecule is COCCOC1CCC(NC(=O)C2CC(Oc3cccc4scnc34)C2)CC1. The van der Waals surface area contributed by atoms with Crippen LogP contribution in [0, 0.1) is 5.92 Å². The lowest BCUT2D eigenvalue weighted by molar-refractivity contribution is -0.131. The molecule has 0 unspecified atom stereocenters. The summed E-state index contributed by atoms with van der Waals surface area (Å²) in [6.45, 7) is 1.29. The topological polar surface area (TPSA) is 69.7 Å². The molecule has 6 nitrogen and oxygen atoms in total. The van der Waals surface area contributed by atoms with Crippen molar-refractivity contribution in [3.8, 4) is 5.75 Å². The largest absolute Gasteiger partial charge is 0.488 e. The van der Waals surface area contributed by atoms with Crippen LogP contribution < -0.4 is 10.1 Å². The molecule has 1 amide bonds. The molecule has 152 valence electrons. The van der Waals surface area contributed by atoms with Crippen molar-refractivity contribution in [1.29, 1.82) is 0 Å². The van der Waals surface area contributed by atoms with Gasteiger partial charge in [0.25, 0.3) is 0 Å². The van der Waals surface area contributed by atoms with Crippen LogP contribution in [0.25, 0.3) is 10.2 Å². The Labute approximate surface area is 169 Å². The zero-order valence-corrected chi connectivity index (χ0v) is 17.1. The number of hydrogen-bond acceptors (Lipinski definition) is 6. The van der Waals surface area contributed by atoms with Gasteiger partial charge >= 0.3 is 0 Å². The van der Waals surface area contributed by atoms with E-state index in [1.165, 1.54) is 0 Å². The molecular weight excluding hydrogens is 376 g/mol. The number of ether oxygens (including phenoxy) is 3. The van der Waals surface area contributed by atoms with Gasteiger partial charge in [0.1, 0.15) is 17.4 Å². The second kappa shape index (κ2) is 9.20. The van der Waals surface area contributed by atoms with Gasteiger partial charge in [-0.25, -0.2) is 4.98 Å². The Morgan fingerprint density at radius 3 is 2.79 bits per heavy atom. The Bertz CT molecular complexity index is 782. The number of benzene rings is 1. The maximum atomic E-state index is 12.5. The maximum absolute atomic E-state index is 12.5. The summed E-state index contributed by atoms with van der Waals surface area (Å²) in [7, 11) is 1.69. The molecule has 1 aromatic heterocycles. The first-order valence-electron chi connectivity index (χ1n) is 10.1. The monoisotopic (exact) mass is 404 g/mol. The quantitative estimate of drug-likeness (QED) is 0.682. The van der Waals surface area contributed by atoms with Crippen LogP contribution in [0.3, 0.4) is 0 Å². The molecule has 0 atom stereocenters. The number of nitrogens with zero attached hydrogens (tertiary/aromatic N) is 1. The highest BCUT2D eigenvalue weighted by molar-refractivity contribution is 7.16. The minimum absolute atomic E-state index is 0.0651. The highest BCUT2D eigenvalue weighted by atomic mass is 32.1. The molecule has 0 aliphatic heterocycles. The van der Waals surface area contributed by atoms with Crippen molar-refractivity contribution in [1.82, 2.24) is 10.3 Å². The summed E-state index contributed by atoms with van der Waals surface area (Å²) >= 11 is 1.61. The molecule has 7 heteroatoms. The van der Waals surface area contributed by atoms with Crippen molar-refractivity contribution < 1.29 is 19.0 Å². The van der Waals surface area contributed by atoms with Gasteiger partial charge in [-0.15, -0.1) is 11.3 Å². The van der Waals surface area contributed by atoms with Crippen LogP contribution in [0.4, 0.5) is 0 Å². The minimum atomic E-state index is 0.0651. The first kappa shape index (κ1) is 19.6. The molecular formula is C21H28N2O4S. The van der Waals surface area contributed by atoms with E-state index in [1.54, 1.807) is 18.4 Å². The van der Waals surface area contributed by atoms with E-state index in [2.05, 4.69) is 10.3 Å². The molecule has 0 bridgehead atoms. The highest BCUT2D eigenvalue weighted by Gasteiger charge is 2.37. The van der Waals surface area contributed by atoms with Gasteiger partial charge in [0.05, 0.1) is 29.5 Å². The van der Waals surface area contributed by atoms with E-state index >= 15 is 0 Å². The fourth-order valence-corrected chi connectivity index (χ4v) is 4.70. The van der Waals surface area contributed by atoms with Crippen LogP contribution in [0.5, 0.6) is 5.75 Å². The summed E-state index contributed by atoms with van der Waals surface area (Å²) in [5.74, 6) is 1.07. The van der Waals surface area contributed by atoms with Crippen molar-refractivity contribution >= 4 is 27.5 Å². The molecule has 4 rings (SSSR count). The molecule has 2 aliphatic carbocycles. The number of amides is 1. The van der Waals surface area contributed by atoms with Crippen LogP contribution in [0.15, 0.2) is 23.7 Å². The zero-order chi connectivity index (χ0) is 19.3. The third-order valence-electron chi connectivity index (χ3n) is 5.74. The van der Waals surface area contributed by atoms with Gasteiger partial charge < -0.3 is 19.5 Å². The number of aromatic nitrogens is 1. The fourth-order valence-electron chi connectivity index (χ4n) is 4.00. The molecule has 28 heavy (non-hydrogen) atoms. The molecule has 0 saturated heterocycles. The number of fused-ring (bicyclic) bond motifs is 1. The van der Waals surface area contributed by atoms with Gasteiger partial charge in [-0.3, -0.25) is 4.79 Å². The number of methoxy groups -OCH3 is 1. The van der Waals surface area contributed by atoms with Crippen molar-refractivity contribution in [3.63, 3.8) is 0 Å². The van der Waals surface area contributed by atoms with Gasteiger partial charge in [0.2, 0.25) is 5.91 Å². The van der Waals surface area contributed by atoms with Crippen LogP contribution in [0.1, 0.15) is 38.5 Å². The fraction of sp³-hybridized carbons (Fsp3) is 0.619. The van der Waals surface area contributed by atoms with E-state index in [1.807, 2.05) is 23.7 Å². The van der Waals surface area contributed by atoms with E-state index in [4.69, 9.17) is 14.2 Å². The van der Waals surface area contributed by atoms with Crippen LogP contribution >= 0.6 is 11.3 Å². The van der Waals surface area contributed by atoms with Gasteiger partial charge in [0.15, 0.2) is 0 Å². The maximum Gasteiger partial charge on any atom is 0.223 e. The first-order valence-corrected chi connectivity index (χ1v) is 11.0. The van der Waals surface area contributed by atoms with E-state index in [0.717, 1.165) is 54.5 Å². The summed E-state index contributed by atoms with van der Waals surface area (Å²) in [6, 6.07) is 6.28. The summed E-state index contributed by atoms with van der Waals surface area (Å²) in [5, 5.41) is 3.23. The number of hydrogen-bond donors (Lipinski definition) is 1. The number of para-hydroxylation sites is 1. The zero-order valence-electron chi connectivity index (χ0n) is 16.3. The molecule has 1 heterocycles. The predicted octanol–water partition coefficient (Wildman–Crippen LogP) is 3.54. The average molecular weight is 405 g/mol. The summed E-state index contributed by atoms with van der Waals surface area (Å²) in [6.07, 6.45) is 5.95. The number of thiazole rings is 1. The van der Waals surface area contributed by atoms with E-state index in [-0.39, 0.29) is 24.0 Å². The first-order chi connectivity index (χ1) is 13.7. The molecule has 0 radical (unpaired) electrons. The third-order valence-corrected chi connectivity index (χ3v) is 6.54. The molecule has 1 N–H and O–H groups in total. The van der Waals surface area contributed by atoms with Crippen LogP contribution in [0.2, 0.25) is 0 Å². The Balaban J connectivity index is 1.17. The Morgan fingerprint density at radius 2 is 2.00 bits per heavy atom. The molecule has 2 aromatic rings. The normalized spacial score (nSPS) is 27.3. The lowest BCUT2D eigenvalue weighted by Gasteiger charge is -2.36. The molecule has 2 aliphatic rings. The van der Waals surface area contributed by atoms with Crippen molar-refractivity contribution in [3.05, 3.63) is 23.7 Å². The Morgan fingerprint density at radius 1 is 1.18 bits per heavy atom. The number of carbonyl (C=O) groups is 1. The average Bonchev–Trinajstić information content (AvgIpc) is 3.15. The lowest BCUT2D eigenvalue weighted by Crippen LogP contribution is -2.47. The standard InChI is InChI=1S/C21H28N2O4S/c1-25-9-10-26-16-7-5-15(6-8-16)23-21(24)14-11-17(12-14)27-18-3-2-4-19-20(18)22-13-28-19/h2-4,13-17H,5-12H2,1H3,(H,23,24). The van der Waals surface area contributed by atoms with E-state index in [9.17, 15) is 4.79 Å². The Kier molecular flexibility index (Phi) is 6.44. The van der Waals surface area contributed by atoms with E-state index in [0.29, 0.717) is 19.3 Å². The number of nitrogens with one attached hydrogen (secondary N) is 1. The highest BCUT2D eigenvalue weighted by Crippen LogP contribution is 2.35. The summed E-state index contributed by atoms with van der Waals surface area (Å²) in [5.41, 5.74) is 2.76. The van der Waals surface area contributed by atoms with Gasteiger partial charge in [-0.1, -0.05) is 6.07 Å². The van der Waals surface area contributed by atoms with Crippen LogP contribution in [-0.4, -0.2) is 49.5 Å². The van der Waals surface area contributed by atoms with E-state index < -0.39 is 0 Å². The van der Waals surface area contributed by atoms with Gasteiger partial charge in [-0.05, 0) is 50.7 Å². The smallest absolute Gasteiger partial charge is 0.223 e. The third kappa shape index (κ3) is 4.64. The predicted molar refractivity (Wildman–Crippen MR) is 109 cm³/mol. The van der Waals surface area contributed by atoms with Crippen molar-refractivity contribution in [2.75, 3.05) is 20.3 Å². The molecule has 0 spiro atoms. The van der Waals surface area contributed by atoms with Crippen LogP contribution in [-0.2, 0) is 14.3 Å². The lowest BCUT2D eigenvalue weighted by atomic mass is 9.81. The minimum Gasteiger partial charge on any atom is -0.488 e. The molecule has 2 fully saturated rings. The number of rotatable bonds is 8.